The molecule has 2 N–H and O–H groups in total. The van der Waals surface area contributed by atoms with Crippen molar-refractivity contribution in [1.29, 1.82) is 0 Å². The number of para-hydroxylation sites is 1. The van der Waals surface area contributed by atoms with Crippen LogP contribution in [0.2, 0.25) is 0 Å². The second kappa shape index (κ2) is 7.85. The second-order valence-electron chi connectivity index (χ2n) is 4.85. The molecule has 6 nitrogen and oxygen atoms in total. The number of nitrogens with two attached hydrogens (primary N) is 1. The van der Waals surface area contributed by atoms with Gasteiger partial charge in [0.25, 0.3) is 0 Å². The van der Waals surface area contributed by atoms with Gasteiger partial charge in [-0.25, -0.2) is 4.99 Å². The number of hydrogen-bond acceptors (Lipinski definition) is 6. The van der Waals surface area contributed by atoms with Gasteiger partial charge < -0.3 is 15.2 Å². The Labute approximate surface area is 125 Å². The fourth-order valence-corrected chi connectivity index (χ4v) is 2.12. The van der Waals surface area contributed by atoms with E-state index in [1.54, 1.807) is 0 Å². The van der Waals surface area contributed by atoms with Gasteiger partial charge in [0.05, 0.1) is 13.2 Å². The standard InChI is InChI=1S/C15H22N4O2/c1-2-20-11-15(17-12-18-19-15)10-13-6-3-4-7-14(13)21-9-5-8-16/h3-4,6-7,12H,2,5,8-11,16H2,1H3. The van der Waals surface area contributed by atoms with Gasteiger partial charge in [0, 0.05) is 13.0 Å². The van der Waals surface area contributed by atoms with E-state index in [1.165, 1.54) is 6.34 Å². The minimum atomic E-state index is -0.663. The third-order valence-corrected chi connectivity index (χ3v) is 3.18. The zero-order valence-corrected chi connectivity index (χ0v) is 12.4. The van der Waals surface area contributed by atoms with Crippen molar-refractivity contribution in [3.05, 3.63) is 29.8 Å². The first-order valence-corrected chi connectivity index (χ1v) is 7.24. The second-order valence-corrected chi connectivity index (χ2v) is 4.85. The van der Waals surface area contributed by atoms with E-state index < -0.39 is 5.66 Å². The van der Waals surface area contributed by atoms with Crippen LogP contribution < -0.4 is 10.5 Å². The van der Waals surface area contributed by atoms with E-state index in [0.29, 0.717) is 32.8 Å². The molecule has 2 rings (SSSR count). The van der Waals surface area contributed by atoms with Crippen LogP contribution in [0.25, 0.3) is 0 Å². The maximum Gasteiger partial charge on any atom is 0.199 e. The van der Waals surface area contributed by atoms with E-state index in [9.17, 15) is 0 Å². The number of nitrogens with zero attached hydrogens (tertiary/aromatic N) is 3. The Hall–Kier alpha value is -1.79. The van der Waals surface area contributed by atoms with Gasteiger partial charge in [-0.15, -0.1) is 5.11 Å². The summed E-state index contributed by atoms with van der Waals surface area (Å²) in [4.78, 5) is 4.38. The Morgan fingerprint density at radius 3 is 2.86 bits per heavy atom. The number of ether oxygens (including phenoxy) is 2. The van der Waals surface area contributed by atoms with E-state index in [-0.39, 0.29) is 0 Å². The van der Waals surface area contributed by atoms with Crippen molar-refractivity contribution in [2.24, 2.45) is 21.0 Å². The predicted molar refractivity (Wildman–Crippen MR) is 81.9 cm³/mol. The van der Waals surface area contributed by atoms with Crippen molar-refractivity contribution in [1.82, 2.24) is 0 Å². The van der Waals surface area contributed by atoms with E-state index in [1.807, 2.05) is 31.2 Å². The molecular weight excluding hydrogens is 268 g/mol. The number of benzene rings is 1. The molecule has 21 heavy (non-hydrogen) atoms. The van der Waals surface area contributed by atoms with Crippen LogP contribution in [-0.4, -0.2) is 38.4 Å². The molecule has 1 aromatic carbocycles. The van der Waals surface area contributed by atoms with Crippen LogP contribution in [0, 0.1) is 0 Å². The molecule has 6 heteroatoms. The fourth-order valence-electron chi connectivity index (χ4n) is 2.12. The third kappa shape index (κ3) is 4.34. The van der Waals surface area contributed by atoms with E-state index >= 15 is 0 Å². The molecule has 0 amide bonds. The molecule has 0 bridgehead atoms. The number of rotatable bonds is 9. The Morgan fingerprint density at radius 1 is 1.29 bits per heavy atom. The van der Waals surface area contributed by atoms with Gasteiger partial charge in [-0.05, 0) is 31.5 Å². The Kier molecular flexibility index (Phi) is 5.83. The molecule has 1 aliphatic rings. The highest BCUT2D eigenvalue weighted by Crippen LogP contribution is 2.29. The van der Waals surface area contributed by atoms with Gasteiger partial charge >= 0.3 is 0 Å². The lowest BCUT2D eigenvalue weighted by molar-refractivity contribution is 0.0979. The first-order valence-electron chi connectivity index (χ1n) is 7.24. The topological polar surface area (TPSA) is 81.6 Å². The zero-order valence-electron chi connectivity index (χ0n) is 12.4. The summed E-state index contributed by atoms with van der Waals surface area (Å²) in [6.07, 6.45) is 2.92. The van der Waals surface area contributed by atoms with Gasteiger partial charge in [-0.2, -0.15) is 5.11 Å². The van der Waals surface area contributed by atoms with Crippen LogP contribution in [0.15, 0.2) is 39.5 Å². The minimum Gasteiger partial charge on any atom is -0.493 e. The van der Waals surface area contributed by atoms with E-state index in [4.69, 9.17) is 15.2 Å². The molecule has 1 heterocycles. The molecule has 0 spiro atoms. The van der Waals surface area contributed by atoms with Crippen molar-refractivity contribution < 1.29 is 9.47 Å². The van der Waals surface area contributed by atoms with E-state index in [0.717, 1.165) is 17.7 Å². The first kappa shape index (κ1) is 15.6. The van der Waals surface area contributed by atoms with Gasteiger partial charge in [-0.3, -0.25) is 0 Å². The summed E-state index contributed by atoms with van der Waals surface area (Å²) < 4.78 is 11.3. The van der Waals surface area contributed by atoms with Crippen LogP contribution >= 0.6 is 0 Å². The molecule has 0 radical (unpaired) electrons. The van der Waals surface area contributed by atoms with E-state index in [2.05, 4.69) is 15.2 Å². The van der Waals surface area contributed by atoms with Crippen LogP contribution in [0.5, 0.6) is 5.75 Å². The number of azo groups is 1. The highest BCUT2D eigenvalue weighted by atomic mass is 16.5. The summed E-state index contributed by atoms with van der Waals surface area (Å²) in [5.74, 6) is 0.846. The molecule has 0 aromatic heterocycles. The van der Waals surface area contributed by atoms with Crippen molar-refractivity contribution in [3.8, 4) is 5.75 Å². The summed E-state index contributed by atoms with van der Waals surface area (Å²) in [7, 11) is 0. The quantitative estimate of drug-likeness (QED) is 0.708. The summed E-state index contributed by atoms with van der Waals surface area (Å²) in [6, 6.07) is 7.91. The molecule has 114 valence electrons. The fraction of sp³-hybridized carbons (Fsp3) is 0.533. The number of hydrogen-bond donors (Lipinski definition) is 1. The van der Waals surface area contributed by atoms with Crippen LogP contribution in [0.1, 0.15) is 18.9 Å². The average molecular weight is 290 g/mol. The molecule has 1 atom stereocenters. The molecule has 0 saturated heterocycles. The largest absolute Gasteiger partial charge is 0.493 e. The smallest absolute Gasteiger partial charge is 0.199 e. The highest BCUT2D eigenvalue weighted by Gasteiger charge is 2.33. The molecule has 0 saturated carbocycles. The molecule has 0 aliphatic carbocycles. The molecule has 1 aromatic rings. The normalized spacial score (nSPS) is 20.1. The molecule has 1 unspecified atom stereocenters. The number of aliphatic imine (C=N–C) groups is 1. The van der Waals surface area contributed by atoms with Crippen molar-refractivity contribution in [3.63, 3.8) is 0 Å². The Balaban J connectivity index is 2.10. The SMILES string of the molecule is CCOCC1(Cc2ccccc2OCCCN)N=CN=N1. The average Bonchev–Trinajstić information content (AvgIpc) is 2.96. The first-order chi connectivity index (χ1) is 10.3. The van der Waals surface area contributed by atoms with Crippen molar-refractivity contribution in [2.75, 3.05) is 26.4 Å². The zero-order chi connectivity index (χ0) is 15.0. The Bertz CT molecular complexity index is 490. The maximum atomic E-state index is 5.79. The summed E-state index contributed by atoms with van der Waals surface area (Å²) in [5, 5.41) is 8.13. The lowest BCUT2D eigenvalue weighted by Crippen LogP contribution is -2.31. The predicted octanol–water partition coefficient (Wildman–Crippen LogP) is 2.18. The van der Waals surface area contributed by atoms with Gasteiger partial charge in [0.15, 0.2) is 5.66 Å². The lowest BCUT2D eigenvalue weighted by Gasteiger charge is -2.22. The van der Waals surface area contributed by atoms with Gasteiger partial charge in [0.1, 0.15) is 12.1 Å². The van der Waals surface area contributed by atoms with Crippen LogP contribution in [0.4, 0.5) is 0 Å². The third-order valence-electron chi connectivity index (χ3n) is 3.18. The highest BCUT2D eigenvalue weighted by molar-refractivity contribution is 5.57. The van der Waals surface area contributed by atoms with Crippen LogP contribution in [0.3, 0.4) is 0 Å². The van der Waals surface area contributed by atoms with Gasteiger partial charge in [0.2, 0.25) is 0 Å². The maximum absolute atomic E-state index is 5.79. The Morgan fingerprint density at radius 2 is 2.14 bits per heavy atom. The van der Waals surface area contributed by atoms with Crippen molar-refractivity contribution >= 4 is 6.34 Å². The van der Waals surface area contributed by atoms with Gasteiger partial charge in [-0.1, -0.05) is 18.2 Å². The minimum absolute atomic E-state index is 0.417. The molecule has 1 aliphatic heterocycles. The summed E-state index contributed by atoms with van der Waals surface area (Å²) >= 11 is 0. The van der Waals surface area contributed by atoms with Crippen LogP contribution in [-0.2, 0) is 11.2 Å². The molecular formula is C15H22N4O2. The van der Waals surface area contributed by atoms with Crippen molar-refractivity contribution in [2.45, 2.75) is 25.4 Å². The summed E-state index contributed by atoms with van der Waals surface area (Å²) in [6.45, 7) is 4.22. The summed E-state index contributed by atoms with van der Waals surface area (Å²) in [5.41, 5.74) is 5.88. The lowest BCUT2D eigenvalue weighted by atomic mass is 10.0. The monoisotopic (exact) mass is 290 g/mol. The molecule has 0 fully saturated rings.